The van der Waals surface area contributed by atoms with E-state index in [-0.39, 0.29) is 12.4 Å². The lowest BCUT2D eigenvalue weighted by atomic mass is 10.0. The first-order valence-corrected chi connectivity index (χ1v) is 9.89. The largest absolute Gasteiger partial charge is 0.493 e. The average Bonchev–Trinajstić information content (AvgIpc) is 2.82. The number of para-hydroxylation sites is 1. The summed E-state index contributed by atoms with van der Waals surface area (Å²) in [5.74, 6) is -0.613. The van der Waals surface area contributed by atoms with Crippen LogP contribution in [0.5, 0.6) is 11.5 Å². The molecule has 1 N–H and O–H groups in total. The van der Waals surface area contributed by atoms with Gasteiger partial charge >= 0.3 is 5.97 Å². The molecule has 0 aliphatic heterocycles. The summed E-state index contributed by atoms with van der Waals surface area (Å²) >= 11 is 0. The molecule has 0 saturated heterocycles. The number of ketones is 1. The minimum atomic E-state index is -0.712. The van der Waals surface area contributed by atoms with Crippen LogP contribution in [0.15, 0.2) is 72.8 Å². The van der Waals surface area contributed by atoms with E-state index in [9.17, 15) is 14.4 Å². The first-order chi connectivity index (χ1) is 15.5. The molecule has 0 aromatic heterocycles. The van der Waals surface area contributed by atoms with Crippen LogP contribution in [0.4, 0.5) is 5.69 Å². The van der Waals surface area contributed by atoms with E-state index >= 15 is 0 Å². The van der Waals surface area contributed by atoms with Gasteiger partial charge in [-0.15, -0.1) is 0 Å². The van der Waals surface area contributed by atoms with Crippen molar-refractivity contribution in [2.75, 3.05) is 25.6 Å². The fraction of sp³-hybridized carbons (Fsp3) is 0.160. The molecule has 32 heavy (non-hydrogen) atoms. The first kappa shape index (κ1) is 22.6. The second kappa shape index (κ2) is 10.8. The molecule has 7 nitrogen and oxygen atoms in total. The normalized spacial score (nSPS) is 10.2. The molecule has 3 aromatic rings. The third kappa shape index (κ3) is 5.95. The lowest BCUT2D eigenvalue weighted by molar-refractivity contribution is -0.149. The standard InChI is InChI=1S/C25H23NO6/c1-17-12-13-21(22(14-17)30-2)31-16-24(28)32-15-23(27)26-20-11-7-6-10-19(20)25(29)18-8-4-3-5-9-18/h3-14H,15-16H2,1-2H3,(H,26,27). The molecule has 0 aliphatic rings. The SMILES string of the molecule is COc1cc(C)ccc1OCC(=O)OCC(=O)Nc1ccccc1C(=O)c1ccccc1. The van der Waals surface area contributed by atoms with Crippen molar-refractivity contribution in [1.82, 2.24) is 0 Å². The number of anilines is 1. The third-order valence-corrected chi connectivity index (χ3v) is 4.51. The van der Waals surface area contributed by atoms with Gasteiger partial charge in [0.2, 0.25) is 0 Å². The molecular weight excluding hydrogens is 410 g/mol. The highest BCUT2D eigenvalue weighted by atomic mass is 16.6. The summed E-state index contributed by atoms with van der Waals surface area (Å²) in [6.07, 6.45) is 0. The summed E-state index contributed by atoms with van der Waals surface area (Å²) in [4.78, 5) is 37.0. The van der Waals surface area contributed by atoms with Gasteiger partial charge in [0.15, 0.2) is 30.5 Å². The Morgan fingerprint density at radius 2 is 1.56 bits per heavy atom. The Bertz CT molecular complexity index is 1110. The maximum absolute atomic E-state index is 12.7. The summed E-state index contributed by atoms with van der Waals surface area (Å²) in [7, 11) is 1.50. The van der Waals surface area contributed by atoms with E-state index in [0.717, 1.165) is 5.56 Å². The highest BCUT2D eigenvalue weighted by Gasteiger charge is 2.16. The van der Waals surface area contributed by atoms with E-state index in [0.29, 0.717) is 28.3 Å². The quantitative estimate of drug-likeness (QED) is 0.408. The minimum Gasteiger partial charge on any atom is -0.493 e. The van der Waals surface area contributed by atoms with Crippen LogP contribution in [0.1, 0.15) is 21.5 Å². The van der Waals surface area contributed by atoms with Crippen molar-refractivity contribution in [2.24, 2.45) is 0 Å². The van der Waals surface area contributed by atoms with Gasteiger partial charge in [-0.1, -0.05) is 48.5 Å². The van der Waals surface area contributed by atoms with Crippen LogP contribution in [0.25, 0.3) is 0 Å². The summed E-state index contributed by atoms with van der Waals surface area (Å²) in [6, 6.07) is 20.7. The molecule has 0 atom stereocenters. The molecule has 3 aromatic carbocycles. The maximum Gasteiger partial charge on any atom is 0.344 e. The van der Waals surface area contributed by atoms with Crippen LogP contribution < -0.4 is 14.8 Å². The number of ether oxygens (including phenoxy) is 3. The van der Waals surface area contributed by atoms with E-state index < -0.39 is 18.5 Å². The molecule has 0 spiro atoms. The van der Waals surface area contributed by atoms with Crippen molar-refractivity contribution in [3.63, 3.8) is 0 Å². The van der Waals surface area contributed by atoms with Crippen LogP contribution in [0.3, 0.4) is 0 Å². The van der Waals surface area contributed by atoms with Crippen molar-refractivity contribution in [3.8, 4) is 11.5 Å². The van der Waals surface area contributed by atoms with Gasteiger partial charge in [-0.3, -0.25) is 9.59 Å². The molecule has 7 heteroatoms. The van der Waals surface area contributed by atoms with Crippen molar-refractivity contribution in [2.45, 2.75) is 6.92 Å². The number of carbonyl (C=O) groups excluding carboxylic acids is 3. The molecule has 3 rings (SSSR count). The van der Waals surface area contributed by atoms with E-state index in [4.69, 9.17) is 14.2 Å². The number of esters is 1. The summed E-state index contributed by atoms with van der Waals surface area (Å²) in [5.41, 5.74) is 2.17. The van der Waals surface area contributed by atoms with Gasteiger partial charge in [-0.05, 0) is 36.8 Å². The highest BCUT2D eigenvalue weighted by molar-refractivity contribution is 6.13. The Morgan fingerprint density at radius 3 is 2.31 bits per heavy atom. The zero-order valence-corrected chi connectivity index (χ0v) is 17.8. The topological polar surface area (TPSA) is 90.9 Å². The number of amides is 1. The van der Waals surface area contributed by atoms with Gasteiger partial charge in [0.25, 0.3) is 5.91 Å². The van der Waals surface area contributed by atoms with E-state index in [1.54, 1.807) is 60.7 Å². The highest BCUT2D eigenvalue weighted by Crippen LogP contribution is 2.27. The second-order valence-corrected chi connectivity index (χ2v) is 6.89. The van der Waals surface area contributed by atoms with Gasteiger partial charge < -0.3 is 19.5 Å². The smallest absolute Gasteiger partial charge is 0.344 e. The number of nitrogens with one attached hydrogen (secondary N) is 1. The fourth-order valence-electron chi connectivity index (χ4n) is 2.94. The molecule has 0 aliphatic carbocycles. The number of benzene rings is 3. The zero-order valence-electron chi connectivity index (χ0n) is 17.8. The van der Waals surface area contributed by atoms with Crippen molar-refractivity contribution in [1.29, 1.82) is 0 Å². The minimum absolute atomic E-state index is 0.223. The number of carbonyl (C=O) groups is 3. The number of rotatable bonds is 9. The van der Waals surface area contributed by atoms with Crippen LogP contribution in [0.2, 0.25) is 0 Å². The van der Waals surface area contributed by atoms with E-state index in [1.807, 2.05) is 19.1 Å². The third-order valence-electron chi connectivity index (χ3n) is 4.51. The molecular formula is C25H23NO6. The number of hydrogen-bond donors (Lipinski definition) is 1. The molecule has 0 heterocycles. The molecule has 0 radical (unpaired) electrons. The Labute approximate surface area is 185 Å². The van der Waals surface area contributed by atoms with Gasteiger partial charge in [0.05, 0.1) is 12.8 Å². The van der Waals surface area contributed by atoms with Crippen LogP contribution >= 0.6 is 0 Å². The summed E-state index contributed by atoms with van der Waals surface area (Å²) < 4.78 is 15.6. The van der Waals surface area contributed by atoms with Crippen LogP contribution in [-0.4, -0.2) is 38.0 Å². The maximum atomic E-state index is 12.7. The number of aryl methyl sites for hydroxylation is 1. The first-order valence-electron chi connectivity index (χ1n) is 9.89. The Balaban J connectivity index is 1.54. The summed E-state index contributed by atoms with van der Waals surface area (Å²) in [5, 5.41) is 2.62. The van der Waals surface area contributed by atoms with Gasteiger partial charge in [0, 0.05) is 11.1 Å². The van der Waals surface area contributed by atoms with Crippen molar-refractivity contribution < 1.29 is 28.6 Å². The summed E-state index contributed by atoms with van der Waals surface area (Å²) in [6.45, 7) is 1.02. The lowest BCUT2D eigenvalue weighted by Gasteiger charge is -2.12. The van der Waals surface area contributed by atoms with E-state index in [1.165, 1.54) is 7.11 Å². The van der Waals surface area contributed by atoms with Crippen molar-refractivity contribution >= 4 is 23.3 Å². The molecule has 164 valence electrons. The Hall–Kier alpha value is -4.13. The Morgan fingerprint density at radius 1 is 0.844 bits per heavy atom. The average molecular weight is 433 g/mol. The molecule has 1 amide bonds. The number of methoxy groups -OCH3 is 1. The Kier molecular flexibility index (Phi) is 7.59. The van der Waals surface area contributed by atoms with Gasteiger partial charge in [-0.2, -0.15) is 0 Å². The molecule has 0 unspecified atom stereocenters. The van der Waals surface area contributed by atoms with Crippen LogP contribution in [0, 0.1) is 6.92 Å². The van der Waals surface area contributed by atoms with Crippen molar-refractivity contribution in [3.05, 3.63) is 89.5 Å². The fourth-order valence-corrected chi connectivity index (χ4v) is 2.94. The van der Waals surface area contributed by atoms with Crippen LogP contribution in [-0.2, 0) is 14.3 Å². The molecule has 0 bridgehead atoms. The van der Waals surface area contributed by atoms with Gasteiger partial charge in [-0.25, -0.2) is 4.79 Å². The predicted molar refractivity (Wildman–Crippen MR) is 119 cm³/mol. The molecule has 0 saturated carbocycles. The van der Waals surface area contributed by atoms with E-state index in [2.05, 4.69) is 5.32 Å². The predicted octanol–water partition coefficient (Wildman–Crippen LogP) is 3.80. The van der Waals surface area contributed by atoms with Gasteiger partial charge in [0.1, 0.15) is 0 Å². The number of hydrogen-bond acceptors (Lipinski definition) is 6. The zero-order chi connectivity index (χ0) is 22.9. The lowest BCUT2D eigenvalue weighted by Crippen LogP contribution is -2.24. The monoisotopic (exact) mass is 433 g/mol. The second-order valence-electron chi connectivity index (χ2n) is 6.89. The molecule has 0 fully saturated rings.